The summed E-state index contributed by atoms with van der Waals surface area (Å²) in [4.78, 5) is 38.9. The lowest BCUT2D eigenvalue weighted by atomic mass is 10.1. The number of hydrogen-bond donors (Lipinski definition) is 2. The number of benzene rings is 3. The molecule has 0 unspecified atom stereocenters. The maximum Gasteiger partial charge on any atom is 0.262 e. The number of rotatable bonds is 8. The van der Waals surface area contributed by atoms with Gasteiger partial charge in [-0.05, 0) is 60.5 Å². The maximum atomic E-state index is 12.6. The van der Waals surface area contributed by atoms with Crippen molar-refractivity contribution in [1.82, 2.24) is 5.32 Å². The Morgan fingerprint density at radius 2 is 1.74 bits per heavy atom. The van der Waals surface area contributed by atoms with E-state index < -0.39 is 5.92 Å². The van der Waals surface area contributed by atoms with Crippen molar-refractivity contribution < 1.29 is 19.1 Å². The zero-order valence-electron chi connectivity index (χ0n) is 19.3. The molecule has 180 valence electrons. The average Bonchev–Trinajstić information content (AvgIpc) is 3.25. The lowest BCUT2D eigenvalue weighted by Gasteiger charge is -2.17. The van der Waals surface area contributed by atoms with E-state index in [-0.39, 0.29) is 30.7 Å². The first-order chi connectivity index (χ1) is 16.9. The average molecular weight is 492 g/mol. The molecule has 7 nitrogen and oxygen atoms in total. The highest BCUT2D eigenvalue weighted by atomic mass is 35.5. The third-order valence-corrected chi connectivity index (χ3v) is 6.07. The van der Waals surface area contributed by atoms with Gasteiger partial charge in [-0.25, -0.2) is 0 Å². The second-order valence-electron chi connectivity index (χ2n) is 8.40. The number of aryl methyl sites for hydroxylation is 1. The van der Waals surface area contributed by atoms with Crippen LogP contribution in [0.25, 0.3) is 0 Å². The Balaban J connectivity index is 1.27. The molecule has 4 rings (SSSR count). The van der Waals surface area contributed by atoms with Gasteiger partial charge >= 0.3 is 0 Å². The molecular formula is C27H26ClN3O4. The van der Waals surface area contributed by atoms with Gasteiger partial charge in [0.15, 0.2) is 6.61 Å². The summed E-state index contributed by atoms with van der Waals surface area (Å²) >= 11 is 5.89. The summed E-state index contributed by atoms with van der Waals surface area (Å²) in [5.41, 5.74) is 3.33. The molecule has 0 radical (unpaired) electrons. The van der Waals surface area contributed by atoms with Crippen molar-refractivity contribution in [3.8, 4) is 5.75 Å². The molecule has 1 heterocycles. The minimum absolute atomic E-state index is 0.108. The van der Waals surface area contributed by atoms with Gasteiger partial charge in [0.1, 0.15) is 5.75 Å². The lowest BCUT2D eigenvalue weighted by Crippen LogP contribution is -2.32. The van der Waals surface area contributed by atoms with Gasteiger partial charge < -0.3 is 20.3 Å². The third kappa shape index (κ3) is 6.39. The fourth-order valence-electron chi connectivity index (χ4n) is 3.84. The quantitative estimate of drug-likeness (QED) is 0.491. The molecule has 3 aromatic rings. The molecule has 35 heavy (non-hydrogen) atoms. The van der Waals surface area contributed by atoms with Crippen molar-refractivity contribution in [2.24, 2.45) is 5.92 Å². The molecule has 1 aliphatic rings. The molecule has 3 aromatic carbocycles. The van der Waals surface area contributed by atoms with Gasteiger partial charge in [-0.15, -0.1) is 0 Å². The highest BCUT2D eigenvalue weighted by molar-refractivity contribution is 6.30. The van der Waals surface area contributed by atoms with E-state index in [0.29, 0.717) is 29.5 Å². The van der Waals surface area contributed by atoms with Gasteiger partial charge in [0, 0.05) is 35.9 Å². The molecule has 0 aliphatic carbocycles. The molecule has 0 spiro atoms. The maximum absolute atomic E-state index is 12.6. The Morgan fingerprint density at radius 1 is 1.03 bits per heavy atom. The molecule has 1 atom stereocenters. The standard InChI is InChI=1S/C27H26ClN3O4/c1-18-4-2-3-5-24(18)30-25(32)17-35-23-12-10-22(11-13-23)31-16-20(14-26(31)33)27(34)29-15-19-6-8-21(28)9-7-19/h2-13,20H,14-17H2,1H3,(H,29,34)(H,30,32)/t20-/m1/s1. The first kappa shape index (κ1) is 24.3. The predicted octanol–water partition coefficient (Wildman–Crippen LogP) is 4.34. The number of anilines is 2. The largest absolute Gasteiger partial charge is 0.484 e. The van der Waals surface area contributed by atoms with Crippen molar-refractivity contribution in [3.63, 3.8) is 0 Å². The topological polar surface area (TPSA) is 87.7 Å². The number of halogens is 1. The van der Waals surface area contributed by atoms with Crippen LogP contribution < -0.4 is 20.3 Å². The van der Waals surface area contributed by atoms with E-state index in [1.807, 2.05) is 43.3 Å². The number of ether oxygens (including phenoxy) is 1. The Kier molecular flexibility index (Phi) is 7.67. The van der Waals surface area contributed by atoms with Crippen LogP contribution in [-0.2, 0) is 20.9 Å². The number of nitrogens with zero attached hydrogens (tertiary/aromatic N) is 1. The van der Waals surface area contributed by atoms with Gasteiger partial charge in [0.05, 0.1) is 5.92 Å². The monoisotopic (exact) mass is 491 g/mol. The number of hydrogen-bond acceptors (Lipinski definition) is 4. The highest BCUT2D eigenvalue weighted by Crippen LogP contribution is 2.27. The van der Waals surface area contributed by atoms with Gasteiger partial charge in [0.2, 0.25) is 11.8 Å². The van der Waals surface area contributed by atoms with Crippen molar-refractivity contribution in [2.45, 2.75) is 19.9 Å². The zero-order chi connectivity index (χ0) is 24.8. The second kappa shape index (κ2) is 11.1. The SMILES string of the molecule is Cc1ccccc1NC(=O)COc1ccc(N2C[C@H](C(=O)NCc3ccc(Cl)cc3)CC2=O)cc1. The highest BCUT2D eigenvalue weighted by Gasteiger charge is 2.35. The van der Waals surface area contributed by atoms with Crippen LogP contribution in [0.4, 0.5) is 11.4 Å². The summed E-state index contributed by atoms with van der Waals surface area (Å²) in [6.07, 6.45) is 0.157. The summed E-state index contributed by atoms with van der Waals surface area (Å²) in [5.74, 6) is -0.433. The molecule has 1 saturated heterocycles. The van der Waals surface area contributed by atoms with Crippen LogP contribution >= 0.6 is 11.6 Å². The molecule has 0 bridgehead atoms. The van der Waals surface area contributed by atoms with Crippen LogP contribution in [0.1, 0.15) is 17.5 Å². The minimum atomic E-state index is -0.420. The van der Waals surface area contributed by atoms with Crippen molar-refractivity contribution in [2.75, 3.05) is 23.4 Å². The Morgan fingerprint density at radius 3 is 2.46 bits per heavy atom. The fraction of sp³-hybridized carbons (Fsp3) is 0.222. The molecule has 2 N–H and O–H groups in total. The van der Waals surface area contributed by atoms with Crippen LogP contribution in [-0.4, -0.2) is 30.9 Å². The van der Waals surface area contributed by atoms with E-state index >= 15 is 0 Å². The van der Waals surface area contributed by atoms with Crippen molar-refractivity contribution >= 4 is 40.7 Å². The summed E-state index contributed by atoms with van der Waals surface area (Å²) in [6, 6.07) is 21.7. The smallest absolute Gasteiger partial charge is 0.262 e. The number of amides is 3. The molecule has 1 fully saturated rings. The van der Waals surface area contributed by atoms with Crippen LogP contribution in [0.15, 0.2) is 72.8 Å². The van der Waals surface area contributed by atoms with Crippen molar-refractivity contribution in [1.29, 1.82) is 0 Å². The first-order valence-electron chi connectivity index (χ1n) is 11.3. The third-order valence-electron chi connectivity index (χ3n) is 5.81. The van der Waals surface area contributed by atoms with Crippen molar-refractivity contribution in [3.05, 3.63) is 88.9 Å². The zero-order valence-corrected chi connectivity index (χ0v) is 20.0. The number of para-hydroxylation sites is 1. The Labute approximate surface area is 209 Å². The number of carbonyl (C=O) groups excluding carboxylic acids is 3. The van der Waals surface area contributed by atoms with Crippen LogP contribution in [0, 0.1) is 12.8 Å². The van der Waals surface area contributed by atoms with E-state index in [1.165, 1.54) is 0 Å². The van der Waals surface area contributed by atoms with E-state index in [4.69, 9.17) is 16.3 Å². The van der Waals surface area contributed by atoms with Gasteiger partial charge in [0.25, 0.3) is 5.91 Å². The fourth-order valence-corrected chi connectivity index (χ4v) is 3.97. The molecular weight excluding hydrogens is 466 g/mol. The van der Waals surface area contributed by atoms with Gasteiger partial charge in [-0.3, -0.25) is 14.4 Å². The summed E-state index contributed by atoms with van der Waals surface area (Å²) in [6.45, 7) is 2.48. The minimum Gasteiger partial charge on any atom is -0.484 e. The van der Waals surface area contributed by atoms with Crippen LogP contribution in [0.3, 0.4) is 0 Å². The summed E-state index contributed by atoms with van der Waals surface area (Å²) in [7, 11) is 0. The molecule has 0 saturated carbocycles. The van der Waals surface area contributed by atoms with E-state index in [1.54, 1.807) is 41.3 Å². The van der Waals surface area contributed by atoms with E-state index in [9.17, 15) is 14.4 Å². The van der Waals surface area contributed by atoms with Gasteiger partial charge in [-0.2, -0.15) is 0 Å². The van der Waals surface area contributed by atoms with Crippen LogP contribution in [0.2, 0.25) is 5.02 Å². The molecule has 8 heteroatoms. The lowest BCUT2D eigenvalue weighted by molar-refractivity contribution is -0.126. The molecule has 0 aromatic heterocycles. The Hall–Kier alpha value is -3.84. The Bertz CT molecular complexity index is 1210. The van der Waals surface area contributed by atoms with Crippen LogP contribution in [0.5, 0.6) is 5.75 Å². The number of nitrogens with one attached hydrogen (secondary N) is 2. The molecule has 1 aliphatic heterocycles. The van der Waals surface area contributed by atoms with Gasteiger partial charge in [-0.1, -0.05) is 41.9 Å². The summed E-state index contributed by atoms with van der Waals surface area (Å²) in [5, 5.41) is 6.35. The van der Waals surface area contributed by atoms with E-state index in [0.717, 1.165) is 16.8 Å². The normalized spacial score (nSPS) is 15.1. The second-order valence-corrected chi connectivity index (χ2v) is 8.83. The first-order valence-corrected chi connectivity index (χ1v) is 11.7. The van der Waals surface area contributed by atoms with E-state index in [2.05, 4.69) is 10.6 Å². The number of carbonyl (C=O) groups is 3. The predicted molar refractivity (Wildman–Crippen MR) is 136 cm³/mol. The molecule has 3 amide bonds. The summed E-state index contributed by atoms with van der Waals surface area (Å²) < 4.78 is 5.58.